The third-order valence-electron chi connectivity index (χ3n) is 3.46. The Labute approximate surface area is 152 Å². The van der Waals surface area contributed by atoms with Gasteiger partial charge in [-0.3, -0.25) is 4.99 Å². The van der Waals surface area contributed by atoms with Crippen LogP contribution < -0.4 is 10.6 Å². The summed E-state index contributed by atoms with van der Waals surface area (Å²) in [5.74, 6) is 0.665. The minimum Gasteiger partial charge on any atom is -0.352 e. The van der Waals surface area contributed by atoms with Crippen LogP contribution in [0.2, 0.25) is 0 Å². The number of aliphatic imine (C=N–C) groups is 1. The minimum absolute atomic E-state index is 0.280. The minimum atomic E-state index is -3.40. The molecule has 0 bridgehead atoms. The van der Waals surface area contributed by atoms with Crippen LogP contribution in [0.3, 0.4) is 0 Å². The van der Waals surface area contributed by atoms with Gasteiger partial charge >= 0.3 is 0 Å². The number of hydrogen-bond acceptors (Lipinski definition) is 5. The second kappa shape index (κ2) is 8.41. The van der Waals surface area contributed by atoms with Crippen molar-refractivity contribution in [1.82, 2.24) is 19.9 Å². The van der Waals surface area contributed by atoms with Crippen molar-refractivity contribution in [3.8, 4) is 0 Å². The Hall–Kier alpha value is -1.97. The van der Waals surface area contributed by atoms with Gasteiger partial charge in [0, 0.05) is 38.8 Å². The van der Waals surface area contributed by atoms with Crippen molar-refractivity contribution in [1.29, 1.82) is 0 Å². The molecule has 25 heavy (non-hydrogen) atoms. The van der Waals surface area contributed by atoms with Crippen molar-refractivity contribution in [3.63, 3.8) is 0 Å². The quantitative estimate of drug-likeness (QED) is 0.586. The van der Waals surface area contributed by atoms with Crippen molar-refractivity contribution < 1.29 is 8.42 Å². The van der Waals surface area contributed by atoms with Crippen LogP contribution in [0, 0.1) is 6.92 Å². The number of benzene rings is 1. The Bertz CT molecular complexity index is 826. The average molecular weight is 382 g/mol. The molecule has 0 fully saturated rings. The number of sulfonamides is 1. The molecular weight excluding hydrogens is 358 g/mol. The van der Waals surface area contributed by atoms with E-state index in [-0.39, 0.29) is 4.90 Å². The Balaban J connectivity index is 1.91. The molecule has 1 heterocycles. The van der Waals surface area contributed by atoms with Crippen LogP contribution in [0.5, 0.6) is 0 Å². The lowest BCUT2D eigenvalue weighted by atomic mass is 10.2. The number of thiazole rings is 1. The Kier molecular flexibility index (Phi) is 6.51. The summed E-state index contributed by atoms with van der Waals surface area (Å²) in [6, 6.07) is 6.81. The molecule has 0 unspecified atom stereocenters. The maximum Gasteiger partial charge on any atom is 0.242 e. The van der Waals surface area contributed by atoms with Crippen LogP contribution in [-0.4, -0.2) is 44.8 Å². The summed E-state index contributed by atoms with van der Waals surface area (Å²) in [4.78, 5) is 9.93. The zero-order valence-electron chi connectivity index (χ0n) is 14.8. The molecule has 0 spiro atoms. The summed E-state index contributed by atoms with van der Waals surface area (Å²) in [6.07, 6.45) is 1.85. The van der Waals surface area contributed by atoms with E-state index in [1.54, 1.807) is 42.6 Å². The highest BCUT2D eigenvalue weighted by Gasteiger charge is 2.16. The molecule has 0 atom stereocenters. The molecule has 2 aromatic rings. The highest BCUT2D eigenvalue weighted by atomic mass is 32.2. The molecule has 2 N–H and O–H groups in total. The standard InChI is InChI=1S/C16H23N5O2S2/c1-12-9-18-15(24-12)11-20-16(17-2)19-10-13-5-7-14(8-6-13)25(22,23)21(3)4/h5-9H,10-11H2,1-4H3,(H2,17,19,20). The van der Waals surface area contributed by atoms with Crippen molar-refractivity contribution in [2.75, 3.05) is 21.1 Å². The molecule has 0 aliphatic heterocycles. The number of guanidine groups is 1. The van der Waals surface area contributed by atoms with Crippen LogP contribution >= 0.6 is 11.3 Å². The summed E-state index contributed by atoms with van der Waals surface area (Å²) in [6.45, 7) is 3.17. The maximum atomic E-state index is 12.1. The Morgan fingerprint density at radius 2 is 1.84 bits per heavy atom. The van der Waals surface area contributed by atoms with E-state index < -0.39 is 10.0 Å². The van der Waals surface area contributed by atoms with Gasteiger partial charge in [0.15, 0.2) is 5.96 Å². The molecule has 1 aromatic heterocycles. The first-order valence-corrected chi connectivity index (χ1v) is 9.96. The molecule has 0 saturated carbocycles. The Morgan fingerprint density at radius 3 is 2.36 bits per heavy atom. The number of aromatic nitrogens is 1. The first kappa shape index (κ1) is 19.4. The zero-order valence-corrected chi connectivity index (χ0v) is 16.4. The van der Waals surface area contributed by atoms with Gasteiger partial charge in [-0.05, 0) is 24.6 Å². The fourth-order valence-corrected chi connectivity index (χ4v) is 3.67. The third kappa shape index (κ3) is 5.25. The summed E-state index contributed by atoms with van der Waals surface area (Å²) in [5, 5.41) is 7.40. The first-order chi connectivity index (χ1) is 11.8. The van der Waals surface area contributed by atoms with Crippen molar-refractivity contribution in [3.05, 3.63) is 45.9 Å². The predicted molar refractivity (Wildman–Crippen MR) is 101 cm³/mol. The van der Waals surface area contributed by atoms with Crippen LogP contribution in [0.1, 0.15) is 15.4 Å². The fourth-order valence-electron chi connectivity index (χ4n) is 2.04. The maximum absolute atomic E-state index is 12.1. The number of hydrogen-bond donors (Lipinski definition) is 2. The van der Waals surface area contributed by atoms with Gasteiger partial charge in [0.05, 0.1) is 11.4 Å². The van der Waals surface area contributed by atoms with E-state index in [0.717, 1.165) is 10.6 Å². The zero-order chi connectivity index (χ0) is 18.4. The second-order valence-corrected chi connectivity index (χ2v) is 9.05. The molecule has 136 valence electrons. The predicted octanol–water partition coefficient (Wildman–Crippen LogP) is 1.57. The number of nitrogens with one attached hydrogen (secondary N) is 2. The molecule has 1 aromatic carbocycles. The van der Waals surface area contributed by atoms with Crippen molar-refractivity contribution in [2.24, 2.45) is 4.99 Å². The molecule has 0 aliphatic rings. The fraction of sp³-hybridized carbons (Fsp3) is 0.375. The van der Waals surface area contributed by atoms with Gasteiger partial charge in [-0.2, -0.15) is 0 Å². The lowest BCUT2D eigenvalue weighted by Crippen LogP contribution is -2.36. The molecule has 0 radical (unpaired) electrons. The number of aryl methyl sites for hydroxylation is 1. The summed E-state index contributed by atoms with van der Waals surface area (Å²) in [5.41, 5.74) is 0.964. The van der Waals surface area contributed by atoms with Crippen LogP contribution in [0.15, 0.2) is 40.4 Å². The van der Waals surface area contributed by atoms with E-state index in [0.29, 0.717) is 19.0 Å². The van der Waals surface area contributed by atoms with Gasteiger partial charge in [-0.15, -0.1) is 11.3 Å². The summed E-state index contributed by atoms with van der Waals surface area (Å²) >= 11 is 1.64. The first-order valence-electron chi connectivity index (χ1n) is 7.70. The topological polar surface area (TPSA) is 86.7 Å². The van der Waals surface area contributed by atoms with Gasteiger partial charge in [0.25, 0.3) is 0 Å². The largest absolute Gasteiger partial charge is 0.352 e. The van der Waals surface area contributed by atoms with Gasteiger partial charge in [0.2, 0.25) is 10.0 Å². The average Bonchev–Trinajstić information content (AvgIpc) is 3.00. The van der Waals surface area contributed by atoms with Crippen molar-refractivity contribution in [2.45, 2.75) is 24.9 Å². The van der Waals surface area contributed by atoms with E-state index >= 15 is 0 Å². The van der Waals surface area contributed by atoms with E-state index in [4.69, 9.17) is 0 Å². The van der Waals surface area contributed by atoms with Gasteiger partial charge in [0.1, 0.15) is 5.01 Å². The van der Waals surface area contributed by atoms with Gasteiger partial charge < -0.3 is 10.6 Å². The molecule has 0 amide bonds. The lowest BCUT2D eigenvalue weighted by molar-refractivity contribution is 0.520. The molecule has 9 heteroatoms. The van der Waals surface area contributed by atoms with E-state index in [1.807, 2.05) is 13.1 Å². The highest BCUT2D eigenvalue weighted by Crippen LogP contribution is 2.14. The van der Waals surface area contributed by atoms with Crippen LogP contribution in [-0.2, 0) is 23.1 Å². The van der Waals surface area contributed by atoms with Crippen molar-refractivity contribution >= 4 is 27.3 Å². The third-order valence-corrected chi connectivity index (χ3v) is 6.20. The molecule has 7 nitrogen and oxygen atoms in total. The van der Waals surface area contributed by atoms with Gasteiger partial charge in [-0.25, -0.2) is 17.7 Å². The SMILES string of the molecule is CN=C(NCc1ccc(S(=O)(=O)N(C)C)cc1)NCc1ncc(C)s1. The highest BCUT2D eigenvalue weighted by molar-refractivity contribution is 7.89. The normalized spacial score (nSPS) is 12.4. The van der Waals surface area contributed by atoms with Crippen LogP contribution in [0.4, 0.5) is 0 Å². The van der Waals surface area contributed by atoms with E-state index in [2.05, 4.69) is 20.6 Å². The lowest BCUT2D eigenvalue weighted by Gasteiger charge is -2.13. The van der Waals surface area contributed by atoms with E-state index in [1.165, 1.54) is 23.3 Å². The smallest absolute Gasteiger partial charge is 0.242 e. The molecular formula is C16H23N5O2S2. The monoisotopic (exact) mass is 381 g/mol. The number of rotatable bonds is 6. The number of nitrogens with zero attached hydrogens (tertiary/aromatic N) is 3. The summed E-state index contributed by atoms with van der Waals surface area (Å²) in [7, 11) is 1.34. The molecule has 2 rings (SSSR count). The van der Waals surface area contributed by atoms with Gasteiger partial charge in [-0.1, -0.05) is 12.1 Å². The second-order valence-electron chi connectivity index (χ2n) is 5.58. The summed E-state index contributed by atoms with van der Waals surface area (Å²) < 4.78 is 25.3. The molecule has 0 aliphatic carbocycles. The Morgan fingerprint density at radius 1 is 1.20 bits per heavy atom. The van der Waals surface area contributed by atoms with Crippen LogP contribution in [0.25, 0.3) is 0 Å². The molecule has 0 saturated heterocycles. The van der Waals surface area contributed by atoms with E-state index in [9.17, 15) is 8.42 Å².